The van der Waals surface area contributed by atoms with Crippen molar-refractivity contribution in [2.75, 3.05) is 0 Å². The second-order valence-corrected chi connectivity index (χ2v) is 7.60. The summed E-state index contributed by atoms with van der Waals surface area (Å²) in [7, 11) is 0. The predicted octanol–water partition coefficient (Wildman–Crippen LogP) is 1.79. The van der Waals surface area contributed by atoms with Crippen LogP contribution in [0.15, 0.2) is 4.52 Å². The van der Waals surface area contributed by atoms with E-state index in [1.807, 2.05) is 20.8 Å². The smallest absolute Gasteiger partial charge is 0.321 e. The third-order valence-electron chi connectivity index (χ3n) is 2.72. The highest BCUT2D eigenvalue weighted by Crippen LogP contribution is 2.30. The Morgan fingerprint density at radius 1 is 1.42 bits per heavy atom. The van der Waals surface area contributed by atoms with Crippen LogP contribution in [0.3, 0.4) is 0 Å². The van der Waals surface area contributed by atoms with Gasteiger partial charge in [0, 0.05) is 10.2 Å². The van der Waals surface area contributed by atoms with Crippen LogP contribution in [0.4, 0.5) is 0 Å². The van der Waals surface area contributed by atoms with E-state index in [4.69, 9.17) is 15.4 Å². The van der Waals surface area contributed by atoms with Crippen LogP contribution in [0.25, 0.3) is 0 Å². The summed E-state index contributed by atoms with van der Waals surface area (Å²) < 4.78 is 4.55. The first-order chi connectivity index (χ1) is 8.54. The number of hydrogen-bond acceptors (Lipinski definition) is 6. The van der Waals surface area contributed by atoms with Crippen molar-refractivity contribution in [1.82, 2.24) is 10.1 Å². The van der Waals surface area contributed by atoms with Crippen LogP contribution in [0, 0.1) is 0 Å². The van der Waals surface area contributed by atoms with Gasteiger partial charge in [0.1, 0.15) is 6.04 Å². The molecule has 1 aromatic heterocycles. The molecule has 0 aliphatic carbocycles. The van der Waals surface area contributed by atoms with Gasteiger partial charge in [-0.15, -0.1) is 11.8 Å². The highest BCUT2D eigenvalue weighted by molar-refractivity contribution is 7.99. The molecule has 0 fully saturated rings. The van der Waals surface area contributed by atoms with Crippen molar-refractivity contribution >= 4 is 17.7 Å². The number of carboxylic acids is 1. The largest absolute Gasteiger partial charge is 0.480 e. The lowest BCUT2D eigenvalue weighted by atomic mass is 9.96. The van der Waals surface area contributed by atoms with Gasteiger partial charge in [0.25, 0.3) is 0 Å². The van der Waals surface area contributed by atoms with Crippen LogP contribution in [-0.4, -0.2) is 32.0 Å². The molecular weight excluding hydrogens is 266 g/mol. The Morgan fingerprint density at radius 3 is 2.42 bits per heavy atom. The van der Waals surface area contributed by atoms with Crippen molar-refractivity contribution in [2.24, 2.45) is 5.73 Å². The summed E-state index contributed by atoms with van der Waals surface area (Å²) in [4.78, 5) is 15.2. The van der Waals surface area contributed by atoms with Crippen LogP contribution in [-0.2, 0) is 16.0 Å². The maximum atomic E-state index is 10.9. The molecule has 19 heavy (non-hydrogen) atoms. The molecule has 108 valence electrons. The van der Waals surface area contributed by atoms with E-state index in [2.05, 4.69) is 10.1 Å². The summed E-state index contributed by atoms with van der Waals surface area (Å²) in [5, 5.41) is 12.9. The minimum atomic E-state index is -1.02. The van der Waals surface area contributed by atoms with Gasteiger partial charge >= 0.3 is 5.97 Å². The Balaban J connectivity index is 2.67. The summed E-state index contributed by atoms with van der Waals surface area (Å²) in [6.45, 7) is 9.58. The van der Waals surface area contributed by atoms with E-state index in [0.717, 1.165) is 0 Å². The number of carboxylic acid groups (broad SMARTS) is 1. The quantitative estimate of drug-likeness (QED) is 0.851. The standard InChI is InChI=1S/C12H21N3O3S/c1-11(2,3)10-14-7(18-15-10)6-19-12(4,5)8(13)9(16)17/h8H,6,13H2,1-5H3,(H,16,17)/t8-/m1/s1. The zero-order chi connectivity index (χ0) is 14.8. The first-order valence-corrected chi connectivity index (χ1v) is 6.98. The van der Waals surface area contributed by atoms with Crippen LogP contribution < -0.4 is 5.73 Å². The second-order valence-electron chi connectivity index (χ2n) is 5.97. The first-order valence-electron chi connectivity index (χ1n) is 5.99. The zero-order valence-electron chi connectivity index (χ0n) is 11.9. The monoisotopic (exact) mass is 287 g/mol. The van der Waals surface area contributed by atoms with E-state index in [1.165, 1.54) is 11.8 Å². The van der Waals surface area contributed by atoms with Crippen LogP contribution in [0.1, 0.15) is 46.3 Å². The van der Waals surface area contributed by atoms with Crippen LogP contribution in [0.5, 0.6) is 0 Å². The van der Waals surface area contributed by atoms with Gasteiger partial charge in [0.2, 0.25) is 5.89 Å². The maximum Gasteiger partial charge on any atom is 0.321 e. The fourth-order valence-corrected chi connectivity index (χ4v) is 2.15. The number of carbonyl (C=O) groups is 1. The average molecular weight is 287 g/mol. The topological polar surface area (TPSA) is 102 Å². The molecule has 1 aromatic rings. The van der Waals surface area contributed by atoms with E-state index < -0.39 is 16.8 Å². The number of aromatic nitrogens is 2. The fraction of sp³-hybridized carbons (Fsp3) is 0.750. The Bertz CT molecular complexity index is 451. The second kappa shape index (κ2) is 5.50. The van der Waals surface area contributed by atoms with Gasteiger partial charge in [0.15, 0.2) is 5.82 Å². The van der Waals surface area contributed by atoms with Crippen molar-refractivity contribution in [1.29, 1.82) is 0 Å². The van der Waals surface area contributed by atoms with Gasteiger partial charge in [0.05, 0.1) is 5.75 Å². The normalized spacial score (nSPS) is 14.4. The van der Waals surface area contributed by atoms with E-state index in [1.54, 1.807) is 13.8 Å². The number of thioether (sulfide) groups is 1. The van der Waals surface area contributed by atoms with Crippen molar-refractivity contribution in [3.8, 4) is 0 Å². The summed E-state index contributed by atoms with van der Waals surface area (Å²) in [6.07, 6.45) is 0. The van der Waals surface area contributed by atoms with E-state index >= 15 is 0 Å². The van der Waals surface area contributed by atoms with Crippen molar-refractivity contribution in [2.45, 2.75) is 56.6 Å². The van der Waals surface area contributed by atoms with Crippen LogP contribution >= 0.6 is 11.8 Å². The van der Waals surface area contributed by atoms with Gasteiger partial charge in [-0.2, -0.15) is 4.98 Å². The summed E-state index contributed by atoms with van der Waals surface area (Å²) in [6, 6.07) is -0.942. The minimum absolute atomic E-state index is 0.167. The third kappa shape index (κ3) is 4.21. The third-order valence-corrected chi connectivity index (χ3v) is 4.11. The number of nitrogens with zero attached hydrogens (tertiary/aromatic N) is 2. The van der Waals surface area contributed by atoms with E-state index in [0.29, 0.717) is 17.5 Å². The zero-order valence-corrected chi connectivity index (χ0v) is 12.7. The number of nitrogens with two attached hydrogens (primary N) is 1. The molecule has 0 saturated heterocycles. The molecule has 1 rings (SSSR count). The number of rotatable bonds is 5. The minimum Gasteiger partial charge on any atom is -0.480 e. The highest BCUT2D eigenvalue weighted by atomic mass is 32.2. The van der Waals surface area contributed by atoms with Gasteiger partial charge in [-0.1, -0.05) is 25.9 Å². The molecule has 3 N–H and O–H groups in total. The Hall–Kier alpha value is -1.08. The molecule has 0 saturated carbocycles. The molecule has 0 aliphatic heterocycles. The maximum absolute atomic E-state index is 10.9. The SMILES string of the molecule is CC(C)(C)c1noc(CSC(C)(C)[C@H](N)C(=O)O)n1. The lowest BCUT2D eigenvalue weighted by Gasteiger charge is -2.27. The molecule has 7 heteroatoms. The average Bonchev–Trinajstić information content (AvgIpc) is 2.73. The van der Waals surface area contributed by atoms with Crippen molar-refractivity contribution in [3.63, 3.8) is 0 Å². The lowest BCUT2D eigenvalue weighted by Crippen LogP contribution is -2.46. The summed E-state index contributed by atoms with van der Waals surface area (Å²) in [5.74, 6) is 0.555. The van der Waals surface area contributed by atoms with Crippen LogP contribution in [0.2, 0.25) is 0 Å². The number of aliphatic carboxylic acids is 1. The highest BCUT2D eigenvalue weighted by Gasteiger charge is 2.33. The molecule has 1 atom stereocenters. The van der Waals surface area contributed by atoms with Crippen molar-refractivity contribution < 1.29 is 14.4 Å². The van der Waals surface area contributed by atoms with E-state index in [9.17, 15) is 4.79 Å². The Morgan fingerprint density at radius 2 is 2.00 bits per heavy atom. The molecule has 0 amide bonds. The molecule has 0 radical (unpaired) electrons. The van der Waals surface area contributed by atoms with Gasteiger partial charge in [-0.05, 0) is 13.8 Å². The lowest BCUT2D eigenvalue weighted by molar-refractivity contribution is -0.139. The Kier molecular flexibility index (Phi) is 4.63. The van der Waals surface area contributed by atoms with Gasteiger partial charge < -0.3 is 15.4 Å². The fourth-order valence-electron chi connectivity index (χ4n) is 1.25. The first kappa shape index (κ1) is 16.0. The van der Waals surface area contributed by atoms with E-state index in [-0.39, 0.29) is 5.41 Å². The summed E-state index contributed by atoms with van der Waals surface area (Å²) >= 11 is 1.39. The van der Waals surface area contributed by atoms with Crippen molar-refractivity contribution in [3.05, 3.63) is 11.7 Å². The molecular formula is C12H21N3O3S. The molecule has 0 spiro atoms. The van der Waals surface area contributed by atoms with Gasteiger partial charge in [-0.3, -0.25) is 4.79 Å². The Labute approximate surface area is 117 Å². The van der Waals surface area contributed by atoms with Gasteiger partial charge in [-0.25, -0.2) is 0 Å². The summed E-state index contributed by atoms with van der Waals surface area (Å²) in [5.41, 5.74) is 5.48. The molecule has 6 nitrogen and oxygen atoms in total. The molecule has 0 bridgehead atoms. The predicted molar refractivity (Wildman–Crippen MR) is 74.0 cm³/mol. The molecule has 1 heterocycles. The molecule has 0 aliphatic rings. The number of hydrogen-bond donors (Lipinski definition) is 2. The molecule has 0 aromatic carbocycles. The molecule has 0 unspecified atom stereocenters.